The molecule has 1 aromatic rings. The number of piperidine rings is 1. The Hall–Kier alpha value is -1.49. The normalized spacial score (nSPS) is 22.2. The van der Waals surface area contributed by atoms with Crippen LogP contribution >= 0.6 is 0 Å². The quantitative estimate of drug-likeness (QED) is 0.635. The smallest absolute Gasteiger partial charge is 0.324 e. The molecule has 0 radical (unpaired) electrons. The van der Waals surface area contributed by atoms with Gasteiger partial charge in [-0.25, -0.2) is 16.8 Å². The van der Waals surface area contributed by atoms with Crippen molar-refractivity contribution in [2.45, 2.75) is 54.9 Å². The summed E-state index contributed by atoms with van der Waals surface area (Å²) in [7, 11) is -7.54. The Bertz CT molecular complexity index is 906. The van der Waals surface area contributed by atoms with Crippen LogP contribution in [0.25, 0.3) is 0 Å². The predicted octanol–water partition coefficient (Wildman–Crippen LogP) is 1.58. The topological polar surface area (TPSA) is 101 Å². The van der Waals surface area contributed by atoms with Gasteiger partial charge in [-0.2, -0.15) is 8.61 Å². The third-order valence-electron chi connectivity index (χ3n) is 5.15. The van der Waals surface area contributed by atoms with Gasteiger partial charge in [-0.05, 0) is 63.3 Å². The summed E-state index contributed by atoms with van der Waals surface area (Å²) in [5.41, 5.74) is 0. The molecule has 0 bridgehead atoms. The molecule has 2 saturated heterocycles. The van der Waals surface area contributed by atoms with Crippen LogP contribution in [0.1, 0.15) is 39.0 Å². The lowest BCUT2D eigenvalue weighted by atomic mass is 10.1. The van der Waals surface area contributed by atoms with Crippen molar-refractivity contribution in [2.75, 3.05) is 26.2 Å². The van der Waals surface area contributed by atoms with Gasteiger partial charge < -0.3 is 4.74 Å². The van der Waals surface area contributed by atoms with Gasteiger partial charge in [0.25, 0.3) is 0 Å². The minimum absolute atomic E-state index is 0.0240. The van der Waals surface area contributed by atoms with Gasteiger partial charge in [0.2, 0.25) is 20.0 Å². The number of carbonyl (C=O) groups is 1. The van der Waals surface area contributed by atoms with Gasteiger partial charge in [-0.15, -0.1) is 0 Å². The first-order valence-corrected chi connectivity index (χ1v) is 12.4. The predicted molar refractivity (Wildman–Crippen MR) is 103 cm³/mol. The zero-order chi connectivity index (χ0) is 20.4. The summed E-state index contributed by atoms with van der Waals surface area (Å²) in [6.07, 6.45) is 3.49. The van der Waals surface area contributed by atoms with Gasteiger partial charge in [-0.1, -0.05) is 0 Å². The molecule has 8 nitrogen and oxygen atoms in total. The standard InChI is InChI=1S/C18H26N2O6S2/c1-2-26-18(21)17-7-3-4-14-20(17)28(24,25)16-10-8-15(9-11-16)27(22,23)19-12-5-6-13-19/h8-11,17H,2-7,12-14H2,1H3. The number of nitrogens with zero attached hydrogens (tertiary/aromatic N) is 2. The second-order valence-corrected chi connectivity index (χ2v) is 10.8. The number of esters is 1. The Labute approximate surface area is 166 Å². The molecule has 2 aliphatic heterocycles. The van der Waals surface area contributed by atoms with Crippen LogP contribution in [0, 0.1) is 0 Å². The molecule has 0 aliphatic carbocycles. The maximum Gasteiger partial charge on any atom is 0.324 e. The molecule has 10 heteroatoms. The summed E-state index contributed by atoms with van der Waals surface area (Å²) >= 11 is 0. The van der Waals surface area contributed by atoms with Crippen LogP contribution in [0.2, 0.25) is 0 Å². The highest BCUT2D eigenvalue weighted by Gasteiger charge is 2.38. The number of carbonyl (C=O) groups excluding carboxylic acids is 1. The molecule has 156 valence electrons. The summed E-state index contributed by atoms with van der Waals surface area (Å²) in [4.78, 5) is 12.3. The summed E-state index contributed by atoms with van der Waals surface area (Å²) in [5.74, 6) is -0.543. The Morgan fingerprint density at radius 3 is 2.04 bits per heavy atom. The van der Waals surface area contributed by atoms with Crippen LogP contribution < -0.4 is 0 Å². The largest absolute Gasteiger partial charge is 0.465 e. The lowest BCUT2D eigenvalue weighted by Crippen LogP contribution is -2.48. The van der Waals surface area contributed by atoms with E-state index in [2.05, 4.69) is 0 Å². The van der Waals surface area contributed by atoms with E-state index in [-0.39, 0.29) is 22.9 Å². The molecule has 1 atom stereocenters. The van der Waals surface area contributed by atoms with E-state index in [1.165, 1.54) is 32.9 Å². The van der Waals surface area contributed by atoms with E-state index >= 15 is 0 Å². The van der Waals surface area contributed by atoms with Gasteiger partial charge in [0.15, 0.2) is 0 Å². The summed E-state index contributed by atoms with van der Waals surface area (Å²) in [6, 6.07) is 4.41. The van der Waals surface area contributed by atoms with Crippen LogP contribution in [0.5, 0.6) is 0 Å². The fourth-order valence-electron chi connectivity index (χ4n) is 3.66. The Balaban J connectivity index is 1.86. The summed E-state index contributed by atoms with van der Waals surface area (Å²) in [6.45, 7) is 3.07. The Morgan fingerprint density at radius 2 is 1.46 bits per heavy atom. The van der Waals surface area contributed by atoms with Crippen LogP contribution in [-0.2, 0) is 29.6 Å². The van der Waals surface area contributed by atoms with Gasteiger partial charge in [-0.3, -0.25) is 4.79 Å². The molecule has 3 rings (SSSR count). The van der Waals surface area contributed by atoms with Gasteiger partial charge in [0.1, 0.15) is 6.04 Å². The molecule has 2 aliphatic rings. The molecule has 0 aromatic heterocycles. The molecular formula is C18H26N2O6S2. The lowest BCUT2D eigenvalue weighted by molar-refractivity contribution is -0.148. The maximum absolute atomic E-state index is 13.1. The Kier molecular flexibility index (Phi) is 6.43. The minimum atomic E-state index is -3.93. The minimum Gasteiger partial charge on any atom is -0.465 e. The SMILES string of the molecule is CCOC(=O)C1CCCCN1S(=O)(=O)c1ccc(S(=O)(=O)N2CCCC2)cc1. The average Bonchev–Trinajstić information content (AvgIpc) is 3.24. The molecule has 1 aromatic carbocycles. The third-order valence-corrected chi connectivity index (χ3v) is 8.98. The first kappa shape index (κ1) is 21.2. The van der Waals surface area contributed by atoms with Crippen molar-refractivity contribution >= 4 is 26.0 Å². The number of hydrogen-bond acceptors (Lipinski definition) is 6. The van der Waals surface area contributed by atoms with Crippen LogP contribution in [0.3, 0.4) is 0 Å². The highest BCUT2D eigenvalue weighted by molar-refractivity contribution is 7.89. The van der Waals surface area contributed by atoms with Crippen molar-refractivity contribution in [1.82, 2.24) is 8.61 Å². The molecule has 2 heterocycles. The van der Waals surface area contributed by atoms with Crippen molar-refractivity contribution in [3.05, 3.63) is 24.3 Å². The van der Waals surface area contributed by atoms with E-state index < -0.39 is 32.1 Å². The molecule has 28 heavy (non-hydrogen) atoms. The molecule has 0 amide bonds. The zero-order valence-electron chi connectivity index (χ0n) is 15.9. The van der Waals surface area contributed by atoms with E-state index in [1.807, 2.05) is 0 Å². The fraction of sp³-hybridized carbons (Fsp3) is 0.611. The monoisotopic (exact) mass is 430 g/mol. The van der Waals surface area contributed by atoms with E-state index in [4.69, 9.17) is 4.74 Å². The molecular weight excluding hydrogens is 404 g/mol. The second-order valence-electron chi connectivity index (χ2n) is 6.96. The summed E-state index contributed by atoms with van der Waals surface area (Å²) in [5, 5.41) is 0. The second kappa shape index (κ2) is 8.48. The number of sulfonamides is 2. The van der Waals surface area contributed by atoms with Crippen LogP contribution in [0.4, 0.5) is 0 Å². The number of hydrogen-bond donors (Lipinski definition) is 0. The van der Waals surface area contributed by atoms with E-state index in [1.54, 1.807) is 6.92 Å². The lowest BCUT2D eigenvalue weighted by Gasteiger charge is -2.33. The Morgan fingerprint density at radius 1 is 0.929 bits per heavy atom. The van der Waals surface area contributed by atoms with Gasteiger partial charge in [0.05, 0.1) is 16.4 Å². The van der Waals surface area contributed by atoms with E-state index in [9.17, 15) is 21.6 Å². The molecule has 0 spiro atoms. The van der Waals surface area contributed by atoms with Gasteiger partial charge in [0, 0.05) is 19.6 Å². The molecule has 0 N–H and O–H groups in total. The number of rotatable bonds is 6. The highest BCUT2D eigenvalue weighted by atomic mass is 32.2. The maximum atomic E-state index is 13.1. The van der Waals surface area contributed by atoms with Crippen molar-refractivity contribution in [3.63, 3.8) is 0 Å². The van der Waals surface area contributed by atoms with Crippen LogP contribution in [-0.4, -0.2) is 63.7 Å². The molecule has 0 saturated carbocycles. The van der Waals surface area contributed by atoms with Crippen molar-refractivity contribution in [2.24, 2.45) is 0 Å². The first-order valence-electron chi connectivity index (χ1n) is 9.57. The first-order chi connectivity index (χ1) is 13.3. The van der Waals surface area contributed by atoms with Crippen LogP contribution in [0.15, 0.2) is 34.1 Å². The number of benzene rings is 1. The van der Waals surface area contributed by atoms with Crippen molar-refractivity contribution < 1.29 is 26.4 Å². The molecule has 2 fully saturated rings. The van der Waals surface area contributed by atoms with Gasteiger partial charge >= 0.3 is 5.97 Å². The van der Waals surface area contributed by atoms with E-state index in [0.717, 1.165) is 19.3 Å². The zero-order valence-corrected chi connectivity index (χ0v) is 17.5. The van der Waals surface area contributed by atoms with Crippen molar-refractivity contribution in [3.8, 4) is 0 Å². The third kappa shape index (κ3) is 4.10. The van der Waals surface area contributed by atoms with Crippen molar-refractivity contribution in [1.29, 1.82) is 0 Å². The average molecular weight is 431 g/mol. The fourth-order valence-corrected chi connectivity index (χ4v) is 6.83. The molecule has 1 unspecified atom stereocenters. The highest BCUT2D eigenvalue weighted by Crippen LogP contribution is 2.28. The summed E-state index contributed by atoms with van der Waals surface area (Å²) < 4.78 is 59.0. The number of ether oxygens (including phenoxy) is 1. The van der Waals surface area contributed by atoms with E-state index in [0.29, 0.717) is 25.9 Å².